The van der Waals surface area contributed by atoms with E-state index in [1.807, 2.05) is 24.1 Å². The van der Waals surface area contributed by atoms with Crippen molar-refractivity contribution in [2.24, 2.45) is 7.05 Å². The largest absolute Gasteiger partial charge is 0.359 e. The molecule has 0 aliphatic carbocycles. The topological polar surface area (TPSA) is 33.1 Å². The van der Waals surface area contributed by atoms with Gasteiger partial charge in [-0.2, -0.15) is 0 Å². The predicted octanol–water partition coefficient (Wildman–Crippen LogP) is 3.39. The summed E-state index contributed by atoms with van der Waals surface area (Å²) in [6.45, 7) is 7.24. The van der Waals surface area contributed by atoms with Crippen molar-refractivity contribution in [2.75, 3.05) is 6.54 Å². The van der Waals surface area contributed by atoms with E-state index in [-0.39, 0.29) is 0 Å². The summed E-state index contributed by atoms with van der Waals surface area (Å²) in [6.07, 6.45) is 4.08. The van der Waals surface area contributed by atoms with Gasteiger partial charge in [0, 0.05) is 19.8 Å². The molecule has 0 radical (unpaired) electrons. The smallest absolute Gasteiger partial charge is 0.173 e. The first-order chi connectivity index (χ1) is 10.6. The second-order valence-corrected chi connectivity index (χ2v) is 6.70. The molecule has 22 heavy (non-hydrogen) atoms. The molecule has 2 aromatic rings. The van der Waals surface area contributed by atoms with Crippen molar-refractivity contribution in [1.29, 1.82) is 0 Å². The third-order valence-electron chi connectivity index (χ3n) is 3.49. The lowest BCUT2D eigenvalue weighted by Crippen LogP contribution is -2.37. The van der Waals surface area contributed by atoms with Crippen molar-refractivity contribution < 1.29 is 0 Å². The average Bonchev–Trinajstić information content (AvgIpc) is 3.12. The minimum absolute atomic E-state index is 0.688. The van der Waals surface area contributed by atoms with Crippen LogP contribution in [0.25, 0.3) is 16.8 Å². The van der Waals surface area contributed by atoms with Crippen LogP contribution in [0.3, 0.4) is 0 Å². The SMILES string of the molecule is C=C(C)CNC(=S)N1C=Cc2c(nc(-c3cccs3)n2C)C1. The van der Waals surface area contributed by atoms with Crippen molar-refractivity contribution in [3.05, 3.63) is 47.3 Å². The Labute approximate surface area is 139 Å². The number of aromatic nitrogens is 2. The molecule has 2 aromatic heterocycles. The summed E-state index contributed by atoms with van der Waals surface area (Å²) >= 11 is 7.13. The molecule has 4 nitrogen and oxygen atoms in total. The third-order valence-corrected chi connectivity index (χ3v) is 4.74. The van der Waals surface area contributed by atoms with Crippen LogP contribution in [0.5, 0.6) is 0 Å². The number of hydrogen-bond donors (Lipinski definition) is 1. The number of fused-ring (bicyclic) bond motifs is 1. The highest BCUT2D eigenvalue weighted by molar-refractivity contribution is 7.80. The van der Waals surface area contributed by atoms with Crippen LogP contribution in [-0.4, -0.2) is 26.1 Å². The van der Waals surface area contributed by atoms with Gasteiger partial charge in [0.15, 0.2) is 10.9 Å². The Kier molecular flexibility index (Phi) is 4.13. The summed E-state index contributed by atoms with van der Waals surface area (Å²) in [5.41, 5.74) is 3.25. The summed E-state index contributed by atoms with van der Waals surface area (Å²) in [5.74, 6) is 1.01. The minimum atomic E-state index is 0.688. The van der Waals surface area contributed by atoms with Gasteiger partial charge in [0.25, 0.3) is 0 Å². The molecule has 3 rings (SSSR count). The van der Waals surface area contributed by atoms with Crippen LogP contribution < -0.4 is 5.32 Å². The van der Waals surface area contributed by atoms with E-state index < -0.39 is 0 Å². The molecule has 1 aliphatic heterocycles. The molecule has 6 heteroatoms. The fourth-order valence-corrected chi connectivity index (χ4v) is 3.31. The quantitative estimate of drug-likeness (QED) is 0.691. The second-order valence-electron chi connectivity index (χ2n) is 5.36. The van der Waals surface area contributed by atoms with Gasteiger partial charge in [-0.1, -0.05) is 18.2 Å². The van der Waals surface area contributed by atoms with Gasteiger partial charge in [0.1, 0.15) is 0 Å². The maximum absolute atomic E-state index is 5.43. The first-order valence-corrected chi connectivity index (χ1v) is 8.31. The van der Waals surface area contributed by atoms with Crippen LogP contribution in [-0.2, 0) is 13.6 Å². The number of imidazole rings is 1. The van der Waals surface area contributed by atoms with Crippen molar-refractivity contribution in [3.63, 3.8) is 0 Å². The van der Waals surface area contributed by atoms with Crippen LogP contribution in [0.2, 0.25) is 0 Å². The Morgan fingerprint density at radius 2 is 2.36 bits per heavy atom. The van der Waals surface area contributed by atoms with Crippen LogP contribution in [0.1, 0.15) is 18.3 Å². The van der Waals surface area contributed by atoms with Crippen LogP contribution in [0, 0.1) is 0 Å². The van der Waals surface area contributed by atoms with Gasteiger partial charge in [0.05, 0.1) is 22.8 Å². The summed E-state index contributed by atoms with van der Waals surface area (Å²) in [7, 11) is 2.05. The number of rotatable bonds is 3. The zero-order chi connectivity index (χ0) is 15.7. The molecule has 1 aliphatic rings. The highest BCUT2D eigenvalue weighted by Crippen LogP contribution is 2.28. The number of nitrogens with one attached hydrogen (secondary N) is 1. The van der Waals surface area contributed by atoms with Crippen LogP contribution >= 0.6 is 23.6 Å². The van der Waals surface area contributed by atoms with Crippen molar-refractivity contribution in [3.8, 4) is 10.7 Å². The number of thiophene rings is 1. The summed E-state index contributed by atoms with van der Waals surface area (Å²) in [5, 5.41) is 5.98. The molecule has 0 saturated carbocycles. The lowest BCUT2D eigenvalue weighted by Gasteiger charge is -2.24. The maximum Gasteiger partial charge on any atom is 0.173 e. The zero-order valence-electron chi connectivity index (χ0n) is 12.7. The van der Waals surface area contributed by atoms with Gasteiger partial charge in [0.2, 0.25) is 0 Å². The molecule has 114 valence electrons. The van der Waals surface area contributed by atoms with E-state index >= 15 is 0 Å². The second kappa shape index (κ2) is 6.06. The first kappa shape index (κ1) is 15.0. The Balaban J connectivity index is 1.81. The van der Waals surface area contributed by atoms with E-state index in [0.717, 1.165) is 22.8 Å². The molecule has 0 fully saturated rings. The molecule has 0 spiro atoms. The highest BCUT2D eigenvalue weighted by atomic mass is 32.1. The normalized spacial score (nSPS) is 13.1. The van der Waals surface area contributed by atoms with Crippen molar-refractivity contribution in [2.45, 2.75) is 13.5 Å². The monoisotopic (exact) mass is 330 g/mol. The molecule has 3 heterocycles. The molecule has 0 unspecified atom stereocenters. The molecule has 1 N–H and O–H groups in total. The van der Waals surface area contributed by atoms with Gasteiger partial charge in [-0.3, -0.25) is 0 Å². The van der Waals surface area contributed by atoms with Crippen LogP contribution in [0.15, 0.2) is 35.9 Å². The van der Waals surface area contributed by atoms with E-state index in [1.54, 1.807) is 11.3 Å². The molecule has 0 bridgehead atoms. The fourth-order valence-electron chi connectivity index (χ4n) is 2.36. The molecule has 0 atom stereocenters. The number of thiocarbonyl (C=S) groups is 1. The Hall–Kier alpha value is -1.92. The van der Waals surface area contributed by atoms with Gasteiger partial charge >= 0.3 is 0 Å². The van der Waals surface area contributed by atoms with E-state index in [1.165, 1.54) is 4.88 Å². The molecular weight excluding hydrogens is 312 g/mol. The standard InChI is InChI=1S/C16H18N4S2/c1-11(2)9-17-16(21)20-7-6-13-12(10-20)18-15(19(13)3)14-5-4-8-22-14/h4-8H,1,9-10H2,2-3H3,(H,17,21). The van der Waals surface area contributed by atoms with E-state index in [0.29, 0.717) is 18.2 Å². The van der Waals surface area contributed by atoms with Gasteiger partial charge in [-0.15, -0.1) is 11.3 Å². The number of hydrogen-bond acceptors (Lipinski definition) is 3. The van der Waals surface area contributed by atoms with Gasteiger partial charge in [-0.25, -0.2) is 4.98 Å². The Bertz CT molecular complexity index is 741. The van der Waals surface area contributed by atoms with Gasteiger partial charge in [-0.05, 0) is 36.7 Å². The van der Waals surface area contributed by atoms with Crippen LogP contribution in [0.4, 0.5) is 0 Å². The summed E-state index contributed by atoms with van der Waals surface area (Å²) < 4.78 is 2.14. The van der Waals surface area contributed by atoms with Crippen molar-refractivity contribution >= 4 is 34.7 Å². The zero-order valence-corrected chi connectivity index (χ0v) is 14.3. The Morgan fingerprint density at radius 1 is 1.55 bits per heavy atom. The fraction of sp³-hybridized carbons (Fsp3) is 0.250. The summed E-state index contributed by atoms with van der Waals surface area (Å²) in [4.78, 5) is 7.98. The van der Waals surface area contributed by atoms with E-state index in [4.69, 9.17) is 17.2 Å². The summed E-state index contributed by atoms with van der Waals surface area (Å²) in [6, 6.07) is 4.14. The molecule has 0 aromatic carbocycles. The van der Waals surface area contributed by atoms with E-state index in [9.17, 15) is 0 Å². The Morgan fingerprint density at radius 3 is 3.05 bits per heavy atom. The highest BCUT2D eigenvalue weighted by Gasteiger charge is 2.21. The molecular formula is C16H18N4S2. The molecule has 0 amide bonds. The molecule has 0 saturated heterocycles. The first-order valence-electron chi connectivity index (χ1n) is 7.03. The average molecular weight is 330 g/mol. The van der Waals surface area contributed by atoms with Crippen molar-refractivity contribution in [1.82, 2.24) is 19.8 Å². The minimum Gasteiger partial charge on any atom is -0.359 e. The lowest BCUT2D eigenvalue weighted by molar-refractivity contribution is 0.528. The third kappa shape index (κ3) is 2.84. The van der Waals surface area contributed by atoms with E-state index in [2.05, 4.69) is 41.0 Å². The van der Waals surface area contributed by atoms with Gasteiger partial charge < -0.3 is 14.8 Å². The lowest BCUT2D eigenvalue weighted by atomic mass is 10.2. The number of nitrogens with zero attached hydrogens (tertiary/aromatic N) is 3. The maximum atomic E-state index is 5.43. The predicted molar refractivity (Wildman–Crippen MR) is 96.5 cm³/mol.